The van der Waals surface area contributed by atoms with Crippen LogP contribution in [0.4, 0.5) is 0 Å². The van der Waals surface area contributed by atoms with E-state index >= 15 is 0 Å². The van der Waals surface area contributed by atoms with E-state index in [0.29, 0.717) is 0 Å². The average Bonchev–Trinajstić information content (AvgIpc) is 3.48. The number of hydrogen-bond donors (Lipinski definition) is 0. The lowest BCUT2D eigenvalue weighted by molar-refractivity contribution is 0.244. The van der Waals surface area contributed by atoms with Crippen LogP contribution < -0.4 is 0 Å². The maximum absolute atomic E-state index is 9.25. The predicted molar refractivity (Wildman–Crippen MR) is 92.7 cm³/mol. The van der Waals surface area contributed by atoms with E-state index in [-0.39, 0.29) is 0 Å². The van der Waals surface area contributed by atoms with E-state index in [1.807, 2.05) is 24.3 Å². The van der Waals surface area contributed by atoms with Gasteiger partial charge in [0.25, 0.3) is 0 Å². The fourth-order valence-corrected chi connectivity index (χ4v) is 3.27. The third-order valence-electron chi connectivity index (χ3n) is 4.95. The van der Waals surface area contributed by atoms with Gasteiger partial charge in [-0.05, 0) is 54.4 Å². The first kappa shape index (κ1) is 14.5. The molecule has 23 heavy (non-hydrogen) atoms. The van der Waals surface area contributed by atoms with Gasteiger partial charge >= 0.3 is 0 Å². The number of rotatable bonds is 6. The first-order chi connectivity index (χ1) is 11.3. The SMILES string of the molecule is N#Cc1ccccc1-c1ccc(CN(CC2CC2)C2CC2)cc1. The van der Waals surface area contributed by atoms with Gasteiger partial charge in [-0.3, -0.25) is 4.90 Å². The van der Waals surface area contributed by atoms with Crippen molar-refractivity contribution in [3.05, 3.63) is 59.7 Å². The Morgan fingerprint density at radius 2 is 1.70 bits per heavy atom. The van der Waals surface area contributed by atoms with Crippen molar-refractivity contribution in [2.24, 2.45) is 5.92 Å². The molecular formula is C21H22N2. The molecule has 0 heterocycles. The molecule has 2 heteroatoms. The minimum Gasteiger partial charge on any atom is -0.296 e. The molecule has 2 nitrogen and oxygen atoms in total. The molecule has 2 aromatic rings. The fourth-order valence-electron chi connectivity index (χ4n) is 3.27. The minimum absolute atomic E-state index is 0.744. The van der Waals surface area contributed by atoms with E-state index in [0.717, 1.165) is 35.2 Å². The van der Waals surface area contributed by atoms with Crippen molar-refractivity contribution in [2.45, 2.75) is 38.3 Å². The second-order valence-corrected chi connectivity index (χ2v) is 6.96. The molecule has 4 rings (SSSR count). The molecular weight excluding hydrogens is 280 g/mol. The van der Waals surface area contributed by atoms with Crippen molar-refractivity contribution in [1.29, 1.82) is 5.26 Å². The topological polar surface area (TPSA) is 27.0 Å². The molecule has 0 spiro atoms. The van der Waals surface area contributed by atoms with Crippen molar-refractivity contribution in [3.63, 3.8) is 0 Å². The summed E-state index contributed by atoms with van der Waals surface area (Å²) < 4.78 is 0. The van der Waals surface area contributed by atoms with Crippen LogP contribution in [-0.2, 0) is 6.54 Å². The summed E-state index contributed by atoms with van der Waals surface area (Å²) in [5.41, 5.74) is 4.29. The molecule has 0 N–H and O–H groups in total. The molecule has 0 atom stereocenters. The number of benzene rings is 2. The highest BCUT2D eigenvalue weighted by atomic mass is 15.2. The van der Waals surface area contributed by atoms with Gasteiger partial charge in [-0.1, -0.05) is 42.5 Å². The maximum Gasteiger partial charge on any atom is 0.0998 e. The number of hydrogen-bond acceptors (Lipinski definition) is 2. The molecule has 0 bridgehead atoms. The zero-order valence-electron chi connectivity index (χ0n) is 13.4. The molecule has 0 radical (unpaired) electrons. The average molecular weight is 302 g/mol. The van der Waals surface area contributed by atoms with Gasteiger partial charge in [0.05, 0.1) is 11.6 Å². The van der Waals surface area contributed by atoms with Crippen LogP contribution in [0.2, 0.25) is 0 Å². The van der Waals surface area contributed by atoms with Crippen molar-refractivity contribution in [1.82, 2.24) is 4.90 Å². The van der Waals surface area contributed by atoms with Crippen LogP contribution >= 0.6 is 0 Å². The molecule has 2 fully saturated rings. The van der Waals surface area contributed by atoms with Gasteiger partial charge in [0, 0.05) is 19.1 Å². The maximum atomic E-state index is 9.25. The highest BCUT2D eigenvalue weighted by molar-refractivity contribution is 5.70. The van der Waals surface area contributed by atoms with E-state index in [4.69, 9.17) is 0 Å². The lowest BCUT2D eigenvalue weighted by atomic mass is 9.99. The van der Waals surface area contributed by atoms with Crippen molar-refractivity contribution >= 4 is 0 Å². The second-order valence-electron chi connectivity index (χ2n) is 6.96. The summed E-state index contributed by atoms with van der Waals surface area (Å²) in [6, 6.07) is 19.7. The third kappa shape index (κ3) is 3.46. The first-order valence-electron chi connectivity index (χ1n) is 8.66. The summed E-state index contributed by atoms with van der Waals surface area (Å²) in [7, 11) is 0. The fraction of sp³-hybridized carbons (Fsp3) is 0.381. The molecule has 0 unspecified atom stereocenters. The zero-order valence-corrected chi connectivity index (χ0v) is 13.4. The van der Waals surface area contributed by atoms with Gasteiger partial charge in [-0.2, -0.15) is 5.26 Å². The van der Waals surface area contributed by atoms with E-state index in [9.17, 15) is 5.26 Å². The Balaban J connectivity index is 1.50. The predicted octanol–water partition coefficient (Wildman–Crippen LogP) is 4.60. The lowest BCUT2D eigenvalue weighted by Crippen LogP contribution is -2.27. The quantitative estimate of drug-likeness (QED) is 0.779. The van der Waals surface area contributed by atoms with Crippen LogP contribution in [0.25, 0.3) is 11.1 Å². The minimum atomic E-state index is 0.744. The summed E-state index contributed by atoms with van der Waals surface area (Å²) in [6.45, 7) is 2.35. The van der Waals surface area contributed by atoms with Crippen molar-refractivity contribution in [3.8, 4) is 17.2 Å². The molecule has 2 aliphatic carbocycles. The van der Waals surface area contributed by atoms with Crippen LogP contribution in [0.5, 0.6) is 0 Å². The molecule has 116 valence electrons. The summed E-state index contributed by atoms with van der Waals surface area (Å²) >= 11 is 0. The molecule has 0 saturated heterocycles. The Morgan fingerprint density at radius 1 is 0.957 bits per heavy atom. The van der Waals surface area contributed by atoms with E-state index in [1.165, 1.54) is 37.8 Å². The van der Waals surface area contributed by atoms with Crippen molar-refractivity contribution in [2.75, 3.05) is 6.54 Å². The molecule has 2 aromatic carbocycles. The third-order valence-corrected chi connectivity index (χ3v) is 4.95. The van der Waals surface area contributed by atoms with Gasteiger partial charge in [0.15, 0.2) is 0 Å². The summed E-state index contributed by atoms with van der Waals surface area (Å²) in [5, 5.41) is 9.25. The van der Waals surface area contributed by atoms with Crippen LogP contribution in [-0.4, -0.2) is 17.5 Å². The molecule has 2 saturated carbocycles. The zero-order chi connectivity index (χ0) is 15.6. The van der Waals surface area contributed by atoms with Crippen molar-refractivity contribution < 1.29 is 0 Å². The van der Waals surface area contributed by atoms with E-state index in [1.54, 1.807) is 0 Å². The Bertz CT molecular complexity index is 718. The molecule has 0 amide bonds. The Hall–Kier alpha value is -2.11. The molecule has 0 aliphatic heterocycles. The second kappa shape index (κ2) is 6.18. The standard InChI is InChI=1S/C21H22N2/c22-13-19-3-1-2-4-21(19)18-9-7-17(8-10-18)15-23(20-11-12-20)14-16-5-6-16/h1-4,7-10,16,20H,5-6,11-12,14-15H2. The van der Waals surface area contributed by atoms with Gasteiger partial charge in [-0.25, -0.2) is 0 Å². The van der Waals surface area contributed by atoms with Gasteiger partial charge in [0.2, 0.25) is 0 Å². The van der Waals surface area contributed by atoms with Gasteiger partial charge in [-0.15, -0.1) is 0 Å². The Labute approximate surface area is 138 Å². The smallest absolute Gasteiger partial charge is 0.0998 e. The molecule has 0 aromatic heterocycles. The number of nitriles is 1. The summed E-state index contributed by atoms with van der Waals surface area (Å²) in [4.78, 5) is 2.68. The lowest BCUT2D eigenvalue weighted by Gasteiger charge is -2.22. The Morgan fingerprint density at radius 3 is 2.35 bits per heavy atom. The first-order valence-corrected chi connectivity index (χ1v) is 8.66. The van der Waals surface area contributed by atoms with Crippen LogP contribution in [0, 0.1) is 17.2 Å². The Kier molecular flexibility index (Phi) is 3.89. The van der Waals surface area contributed by atoms with E-state index in [2.05, 4.69) is 35.2 Å². The van der Waals surface area contributed by atoms with Crippen LogP contribution in [0.1, 0.15) is 36.8 Å². The van der Waals surface area contributed by atoms with Gasteiger partial charge < -0.3 is 0 Å². The normalized spacial score (nSPS) is 17.2. The van der Waals surface area contributed by atoms with Gasteiger partial charge in [0.1, 0.15) is 0 Å². The number of nitrogens with zero attached hydrogens (tertiary/aromatic N) is 2. The monoisotopic (exact) mass is 302 g/mol. The highest BCUT2D eigenvalue weighted by Crippen LogP contribution is 2.35. The van der Waals surface area contributed by atoms with Crippen LogP contribution in [0.15, 0.2) is 48.5 Å². The summed E-state index contributed by atoms with van der Waals surface area (Å²) in [5.74, 6) is 0.956. The van der Waals surface area contributed by atoms with Crippen LogP contribution in [0.3, 0.4) is 0 Å². The molecule has 2 aliphatic rings. The highest BCUT2D eigenvalue weighted by Gasteiger charge is 2.33. The van der Waals surface area contributed by atoms with E-state index < -0.39 is 0 Å². The summed E-state index contributed by atoms with van der Waals surface area (Å²) in [6.07, 6.45) is 5.60. The largest absolute Gasteiger partial charge is 0.296 e.